The van der Waals surface area contributed by atoms with Gasteiger partial charge in [-0.2, -0.15) is 0 Å². The van der Waals surface area contributed by atoms with Crippen molar-refractivity contribution < 1.29 is 9.18 Å². The van der Waals surface area contributed by atoms with Gasteiger partial charge in [-0.1, -0.05) is 18.2 Å². The molecule has 0 spiro atoms. The second kappa shape index (κ2) is 7.70. The van der Waals surface area contributed by atoms with Gasteiger partial charge >= 0.3 is 0 Å². The predicted octanol–water partition coefficient (Wildman–Crippen LogP) is 3.64. The number of para-hydroxylation sites is 1. The first-order valence-electron chi connectivity index (χ1n) is 8.87. The Labute approximate surface area is 158 Å². The maximum atomic E-state index is 14.0. The van der Waals surface area contributed by atoms with Gasteiger partial charge < -0.3 is 10.2 Å². The van der Waals surface area contributed by atoms with E-state index in [9.17, 15) is 9.18 Å². The Morgan fingerprint density at radius 3 is 2.52 bits per heavy atom. The molecule has 0 saturated carbocycles. The highest BCUT2D eigenvalue weighted by Gasteiger charge is 2.17. The third-order valence-electron chi connectivity index (χ3n) is 4.77. The number of aryl methyl sites for hydroxylation is 2. The third-order valence-corrected chi connectivity index (χ3v) is 4.77. The first-order valence-corrected chi connectivity index (χ1v) is 8.87. The summed E-state index contributed by atoms with van der Waals surface area (Å²) in [6.45, 7) is 6.07. The lowest BCUT2D eigenvalue weighted by Gasteiger charge is -2.27. The minimum atomic E-state index is -0.500. The van der Waals surface area contributed by atoms with Crippen molar-refractivity contribution in [2.24, 2.45) is 0 Å². The van der Waals surface area contributed by atoms with Gasteiger partial charge in [0.2, 0.25) is 0 Å². The van der Waals surface area contributed by atoms with Crippen molar-refractivity contribution in [2.75, 3.05) is 18.5 Å². The Hall–Kier alpha value is -3.02. The molecule has 1 heterocycles. The van der Waals surface area contributed by atoms with E-state index in [0.29, 0.717) is 17.6 Å². The van der Waals surface area contributed by atoms with Crippen LogP contribution < -0.4 is 10.2 Å². The fourth-order valence-electron chi connectivity index (χ4n) is 2.86. The van der Waals surface area contributed by atoms with Crippen molar-refractivity contribution in [2.45, 2.75) is 26.8 Å². The summed E-state index contributed by atoms with van der Waals surface area (Å²) in [5.74, 6) is -0.856. The molecule has 3 rings (SSSR count). The standard InChI is InChI=1S/C21H23FN4O/c1-13(26(4)17-8-6-5-7-9-17)12-23-21(27)18-10-16(22)11-19-20(18)25-15(3)14(2)24-19/h5-11,13H,12H2,1-4H3,(H,23,27)/t13-/m1/s1. The Morgan fingerprint density at radius 2 is 1.81 bits per heavy atom. The molecule has 6 heteroatoms. The molecule has 27 heavy (non-hydrogen) atoms. The number of amides is 1. The van der Waals surface area contributed by atoms with Crippen LogP contribution in [0.2, 0.25) is 0 Å². The van der Waals surface area contributed by atoms with Crippen molar-refractivity contribution in [1.29, 1.82) is 0 Å². The average Bonchev–Trinajstić information content (AvgIpc) is 2.66. The fraction of sp³-hybridized carbons (Fsp3) is 0.286. The molecule has 0 saturated heterocycles. The quantitative estimate of drug-likeness (QED) is 0.749. The van der Waals surface area contributed by atoms with Crippen molar-refractivity contribution in [3.05, 3.63) is 65.2 Å². The van der Waals surface area contributed by atoms with Crippen LogP contribution in [0.4, 0.5) is 10.1 Å². The number of likely N-dealkylation sites (N-methyl/N-ethyl adjacent to an activating group) is 1. The summed E-state index contributed by atoms with van der Waals surface area (Å²) in [5, 5.41) is 2.89. The highest BCUT2D eigenvalue weighted by molar-refractivity contribution is 6.04. The van der Waals surface area contributed by atoms with Gasteiger partial charge in [0.15, 0.2) is 0 Å². The molecule has 2 aromatic carbocycles. The molecule has 0 aliphatic heterocycles. The summed E-state index contributed by atoms with van der Waals surface area (Å²) in [5.41, 5.74) is 3.51. The molecular formula is C21H23FN4O. The van der Waals surface area contributed by atoms with Crippen LogP contribution in [0.1, 0.15) is 28.7 Å². The van der Waals surface area contributed by atoms with Gasteiger partial charge in [-0.15, -0.1) is 0 Å². The number of nitrogens with one attached hydrogen (secondary N) is 1. The molecule has 0 radical (unpaired) electrons. The van der Waals surface area contributed by atoms with E-state index in [2.05, 4.69) is 20.2 Å². The molecule has 1 aromatic heterocycles. The first kappa shape index (κ1) is 18.8. The SMILES string of the molecule is Cc1nc2cc(F)cc(C(=O)NC[C@@H](C)N(C)c3ccccc3)c2nc1C. The Kier molecular flexibility index (Phi) is 5.35. The maximum absolute atomic E-state index is 14.0. The van der Waals surface area contributed by atoms with E-state index in [0.717, 1.165) is 17.1 Å². The van der Waals surface area contributed by atoms with Crippen molar-refractivity contribution in [1.82, 2.24) is 15.3 Å². The molecule has 1 atom stereocenters. The van der Waals surface area contributed by atoms with Crippen molar-refractivity contribution >= 4 is 22.6 Å². The van der Waals surface area contributed by atoms with Gasteiger partial charge in [0, 0.05) is 31.4 Å². The van der Waals surface area contributed by atoms with Gasteiger partial charge in [0.05, 0.1) is 22.5 Å². The first-order chi connectivity index (χ1) is 12.9. The zero-order chi connectivity index (χ0) is 19.6. The minimum absolute atomic E-state index is 0.0613. The largest absolute Gasteiger partial charge is 0.370 e. The summed E-state index contributed by atoms with van der Waals surface area (Å²) in [6.07, 6.45) is 0. The summed E-state index contributed by atoms with van der Waals surface area (Å²) < 4.78 is 14.0. The summed E-state index contributed by atoms with van der Waals surface area (Å²) in [4.78, 5) is 23.6. The maximum Gasteiger partial charge on any atom is 0.253 e. The Morgan fingerprint density at radius 1 is 1.15 bits per heavy atom. The second-order valence-electron chi connectivity index (χ2n) is 6.72. The number of carbonyl (C=O) groups excluding carboxylic acids is 1. The van der Waals surface area contributed by atoms with Gasteiger partial charge in [-0.3, -0.25) is 4.79 Å². The monoisotopic (exact) mass is 366 g/mol. The van der Waals surface area contributed by atoms with Crippen LogP contribution in [-0.2, 0) is 0 Å². The summed E-state index contributed by atoms with van der Waals surface area (Å²) >= 11 is 0. The number of anilines is 1. The Bertz CT molecular complexity index is 975. The highest BCUT2D eigenvalue weighted by atomic mass is 19.1. The number of hydrogen-bond acceptors (Lipinski definition) is 4. The van der Waals surface area contributed by atoms with Gasteiger partial charge in [0.25, 0.3) is 5.91 Å². The number of halogens is 1. The van der Waals surface area contributed by atoms with Crippen LogP contribution >= 0.6 is 0 Å². The minimum Gasteiger partial charge on any atom is -0.370 e. The van der Waals surface area contributed by atoms with E-state index in [1.54, 1.807) is 0 Å². The molecule has 140 valence electrons. The smallest absolute Gasteiger partial charge is 0.253 e. The van der Waals surface area contributed by atoms with Crippen LogP contribution in [-0.4, -0.2) is 35.5 Å². The molecular weight excluding hydrogens is 343 g/mol. The zero-order valence-corrected chi connectivity index (χ0v) is 16.0. The number of carbonyl (C=O) groups is 1. The van der Waals surface area contributed by atoms with Crippen LogP contribution in [0.5, 0.6) is 0 Å². The fourth-order valence-corrected chi connectivity index (χ4v) is 2.86. The second-order valence-corrected chi connectivity index (χ2v) is 6.72. The molecule has 0 fully saturated rings. The summed E-state index contributed by atoms with van der Waals surface area (Å²) in [6, 6.07) is 12.5. The van der Waals surface area contributed by atoms with Crippen molar-refractivity contribution in [3.63, 3.8) is 0 Å². The van der Waals surface area contributed by atoms with E-state index in [1.807, 2.05) is 58.2 Å². The van der Waals surface area contributed by atoms with Crippen LogP contribution in [0.25, 0.3) is 11.0 Å². The topological polar surface area (TPSA) is 58.1 Å². The molecule has 1 N–H and O–H groups in total. The molecule has 0 aliphatic carbocycles. The van der Waals surface area contributed by atoms with Crippen LogP contribution in [0, 0.1) is 19.7 Å². The predicted molar refractivity (Wildman–Crippen MR) is 106 cm³/mol. The van der Waals surface area contributed by atoms with Gasteiger partial charge in [0.1, 0.15) is 11.3 Å². The third kappa shape index (κ3) is 4.05. The lowest BCUT2D eigenvalue weighted by atomic mass is 10.1. The van der Waals surface area contributed by atoms with Crippen LogP contribution in [0.15, 0.2) is 42.5 Å². The number of hydrogen-bond donors (Lipinski definition) is 1. The lowest BCUT2D eigenvalue weighted by molar-refractivity contribution is 0.0952. The number of fused-ring (bicyclic) bond motifs is 1. The number of benzene rings is 2. The van der Waals surface area contributed by atoms with Gasteiger partial charge in [-0.05, 0) is 39.0 Å². The van der Waals surface area contributed by atoms with E-state index in [-0.39, 0.29) is 17.5 Å². The zero-order valence-electron chi connectivity index (χ0n) is 16.0. The average molecular weight is 366 g/mol. The number of aromatic nitrogens is 2. The van der Waals surface area contributed by atoms with E-state index < -0.39 is 5.82 Å². The molecule has 0 bridgehead atoms. The van der Waals surface area contributed by atoms with E-state index >= 15 is 0 Å². The molecule has 5 nitrogen and oxygen atoms in total. The molecule has 1 amide bonds. The van der Waals surface area contributed by atoms with Crippen LogP contribution in [0.3, 0.4) is 0 Å². The Balaban J connectivity index is 1.79. The van der Waals surface area contributed by atoms with Crippen molar-refractivity contribution in [3.8, 4) is 0 Å². The normalized spacial score (nSPS) is 12.0. The molecule has 0 aliphatic rings. The van der Waals surface area contributed by atoms with E-state index in [4.69, 9.17) is 0 Å². The lowest BCUT2D eigenvalue weighted by Crippen LogP contribution is -2.40. The van der Waals surface area contributed by atoms with Gasteiger partial charge in [-0.25, -0.2) is 14.4 Å². The van der Waals surface area contributed by atoms with E-state index in [1.165, 1.54) is 12.1 Å². The summed E-state index contributed by atoms with van der Waals surface area (Å²) in [7, 11) is 1.97. The molecule has 3 aromatic rings. The molecule has 0 unspecified atom stereocenters. The number of rotatable bonds is 5. The number of nitrogens with zero attached hydrogens (tertiary/aromatic N) is 3. The highest BCUT2D eigenvalue weighted by Crippen LogP contribution is 2.19.